The van der Waals surface area contributed by atoms with Gasteiger partial charge in [0.1, 0.15) is 5.65 Å². The molecule has 1 radical (unpaired) electrons. The second kappa shape index (κ2) is 10.8. The number of Topliss-reactive ketones (excluding diaryl/α,β-unsaturated/α-hetero) is 1. The van der Waals surface area contributed by atoms with Crippen LogP contribution >= 0.6 is 0 Å². The average molecular weight is 335 g/mol. The summed E-state index contributed by atoms with van der Waals surface area (Å²) in [7, 11) is 0. The van der Waals surface area contributed by atoms with Gasteiger partial charge in [-0.15, -0.1) is 6.07 Å². The monoisotopic (exact) mass is 335 g/mol. The Balaban J connectivity index is 0. The van der Waals surface area contributed by atoms with Crippen molar-refractivity contribution < 1.29 is 37.5 Å². The zero-order chi connectivity index (χ0) is 14.1. The van der Waals surface area contributed by atoms with Gasteiger partial charge in [-0.25, -0.2) is 6.92 Å². The zero-order valence-corrected chi connectivity index (χ0v) is 14.4. The molecule has 101 valence electrons. The first kappa shape index (κ1) is 20.2. The van der Waals surface area contributed by atoms with Crippen LogP contribution < -0.4 is 5.56 Å². The molecule has 0 bridgehead atoms. The van der Waals surface area contributed by atoms with Gasteiger partial charge in [0, 0.05) is 38.9 Å². The molecular weight excluding hydrogens is 317 g/mol. The molecule has 0 spiro atoms. The van der Waals surface area contributed by atoms with E-state index >= 15 is 0 Å². The third-order valence-corrected chi connectivity index (χ3v) is 1.62. The van der Waals surface area contributed by atoms with Crippen molar-refractivity contribution >= 4 is 11.4 Å². The Kier molecular flexibility index (Phi) is 11.4. The van der Waals surface area contributed by atoms with E-state index in [0.717, 1.165) is 0 Å². The number of nitrogens with zero attached hydrogens (tertiary/aromatic N) is 2. The number of hydrogen-bond donors (Lipinski definition) is 0. The van der Waals surface area contributed by atoms with Crippen LogP contribution in [-0.4, -0.2) is 15.2 Å². The van der Waals surface area contributed by atoms with Gasteiger partial charge >= 0.3 is 0 Å². The van der Waals surface area contributed by atoms with E-state index in [9.17, 15) is 9.59 Å². The molecule has 0 aromatic carbocycles. The smallest absolute Gasteiger partial charge is 0.176 e. The van der Waals surface area contributed by atoms with E-state index in [0.29, 0.717) is 11.3 Å². The molecule has 0 unspecified atom stereocenters. The number of rotatable bonds is 0. The van der Waals surface area contributed by atoms with Crippen LogP contribution in [0, 0.1) is 13.8 Å². The van der Waals surface area contributed by atoms with Crippen LogP contribution in [0.5, 0.6) is 0 Å². The first-order valence-corrected chi connectivity index (χ1v) is 5.63. The third kappa shape index (κ3) is 7.80. The molecule has 0 saturated heterocycles. The van der Waals surface area contributed by atoms with E-state index in [2.05, 4.69) is 18.8 Å². The van der Waals surface area contributed by atoms with Gasteiger partial charge in [-0.1, -0.05) is 25.6 Å². The Labute approximate surface area is 139 Å². The minimum Gasteiger partial charge on any atom is -0.340 e. The molecule has 0 atom stereocenters. The molecule has 2 heterocycles. The Morgan fingerprint density at radius 3 is 2.37 bits per heavy atom. The van der Waals surface area contributed by atoms with Crippen molar-refractivity contribution in [3.63, 3.8) is 0 Å². The Morgan fingerprint density at radius 1 is 1.32 bits per heavy atom. The van der Waals surface area contributed by atoms with Gasteiger partial charge in [0.2, 0.25) is 0 Å². The van der Waals surface area contributed by atoms with E-state index in [4.69, 9.17) is 0 Å². The van der Waals surface area contributed by atoms with E-state index in [1.807, 2.05) is 19.9 Å². The zero-order valence-electron chi connectivity index (χ0n) is 11.6. The molecule has 2 rings (SSSR count). The fourth-order valence-corrected chi connectivity index (χ4v) is 1.10. The van der Waals surface area contributed by atoms with Gasteiger partial charge in [0.15, 0.2) is 5.56 Å². The van der Waals surface area contributed by atoms with Gasteiger partial charge in [-0.05, 0) is 24.8 Å². The van der Waals surface area contributed by atoms with Gasteiger partial charge in [0.25, 0.3) is 0 Å². The summed E-state index contributed by atoms with van der Waals surface area (Å²) in [6.45, 7) is 12.0. The van der Waals surface area contributed by atoms with E-state index < -0.39 is 0 Å². The summed E-state index contributed by atoms with van der Waals surface area (Å²) in [6.07, 6.45) is 1.68. The van der Waals surface area contributed by atoms with Crippen LogP contribution in [0.3, 0.4) is 0 Å². The molecular formula is C14H18N2O2Y-2. The Hall–Kier alpha value is -1.13. The molecule has 0 amide bonds. The molecule has 0 N–H and O–H groups in total. The fraction of sp³-hybridized carbons (Fsp3) is 0.214. The quantitative estimate of drug-likeness (QED) is 0.694. The van der Waals surface area contributed by atoms with Gasteiger partial charge in [-0.3, -0.25) is 14.2 Å². The second-order valence-corrected chi connectivity index (χ2v) is 3.22. The molecule has 19 heavy (non-hydrogen) atoms. The standard InChI is InChI=1S/C9H7N2O.C3H5O.C2H6.Y/c1-7-6-9(12)11-5-3-2-4-8(11)10-7;1-3(2)4;1-2;/h2-6H,1H2;1H2,2H3;1-2H3;/q2*-1;;. The molecule has 2 aromatic heterocycles. The van der Waals surface area contributed by atoms with Crippen LogP contribution in [0.2, 0.25) is 0 Å². The molecule has 2 aromatic rings. The van der Waals surface area contributed by atoms with Crippen molar-refractivity contribution in [2.45, 2.75) is 20.8 Å². The maximum Gasteiger partial charge on any atom is 0.176 e. The van der Waals surface area contributed by atoms with Crippen molar-refractivity contribution in [2.75, 3.05) is 0 Å². The number of fused-ring (bicyclic) bond motifs is 1. The number of carbonyl (C=O) groups is 1. The van der Waals surface area contributed by atoms with Crippen LogP contribution in [0.15, 0.2) is 35.3 Å². The van der Waals surface area contributed by atoms with E-state index in [-0.39, 0.29) is 44.1 Å². The molecule has 4 nitrogen and oxygen atoms in total. The summed E-state index contributed by atoms with van der Waals surface area (Å²) >= 11 is 0. The number of carbonyl (C=O) groups excluding carboxylic acids is 1. The Morgan fingerprint density at radius 2 is 1.84 bits per heavy atom. The van der Waals surface area contributed by atoms with Crippen molar-refractivity contribution in [1.82, 2.24) is 9.38 Å². The normalized spacial score (nSPS) is 8.16. The molecule has 5 heteroatoms. The van der Waals surface area contributed by atoms with Crippen molar-refractivity contribution in [3.8, 4) is 0 Å². The Bertz CT molecular complexity index is 561. The maximum atomic E-state index is 11.3. The summed E-state index contributed by atoms with van der Waals surface area (Å²) in [5.41, 5.74) is 1.05. The number of pyridine rings is 1. The van der Waals surface area contributed by atoms with Crippen LogP contribution in [-0.2, 0) is 37.5 Å². The van der Waals surface area contributed by atoms with Crippen molar-refractivity contribution in [3.05, 3.63) is 60.4 Å². The summed E-state index contributed by atoms with van der Waals surface area (Å²) < 4.78 is 1.48. The minimum absolute atomic E-state index is 0. The largest absolute Gasteiger partial charge is 0.340 e. The summed E-state index contributed by atoms with van der Waals surface area (Å²) in [4.78, 5) is 24.7. The topological polar surface area (TPSA) is 51.4 Å². The van der Waals surface area contributed by atoms with Gasteiger partial charge in [-0.2, -0.15) is 0 Å². The van der Waals surface area contributed by atoms with E-state index in [1.165, 1.54) is 17.4 Å². The van der Waals surface area contributed by atoms with Crippen LogP contribution in [0.25, 0.3) is 5.65 Å². The van der Waals surface area contributed by atoms with Gasteiger partial charge in [0.05, 0.1) is 0 Å². The summed E-state index contributed by atoms with van der Waals surface area (Å²) in [5.74, 6) is -0.0833. The SMILES string of the molecule is CC.[CH2-]C(C)=O.[CH2-]c1cc(=O)n2ccccc2n1.[Y]. The minimum atomic E-state index is -0.0920. The first-order chi connectivity index (χ1) is 8.50. The number of hydrogen-bond acceptors (Lipinski definition) is 3. The average Bonchev–Trinajstić information content (AvgIpc) is 2.30. The van der Waals surface area contributed by atoms with Crippen molar-refractivity contribution in [1.29, 1.82) is 0 Å². The third-order valence-electron chi connectivity index (χ3n) is 1.62. The number of ketones is 1. The first-order valence-electron chi connectivity index (χ1n) is 5.63. The fourth-order valence-electron chi connectivity index (χ4n) is 1.10. The van der Waals surface area contributed by atoms with Crippen LogP contribution in [0.1, 0.15) is 26.5 Å². The molecule has 0 aliphatic heterocycles. The number of aromatic nitrogens is 2. The molecule has 0 aliphatic carbocycles. The summed E-state index contributed by atoms with van der Waals surface area (Å²) in [5, 5.41) is 0. The van der Waals surface area contributed by atoms with Gasteiger partial charge < -0.3 is 11.7 Å². The van der Waals surface area contributed by atoms with E-state index in [1.54, 1.807) is 18.3 Å². The molecule has 0 aliphatic rings. The predicted octanol–water partition coefficient (Wildman–Crippen LogP) is 2.31. The van der Waals surface area contributed by atoms with Crippen LogP contribution in [0.4, 0.5) is 0 Å². The predicted molar refractivity (Wildman–Crippen MR) is 73.3 cm³/mol. The summed E-state index contributed by atoms with van der Waals surface area (Å²) in [6, 6.07) is 6.81. The van der Waals surface area contributed by atoms with Crippen molar-refractivity contribution in [2.24, 2.45) is 0 Å². The second-order valence-electron chi connectivity index (χ2n) is 3.22. The molecule has 0 fully saturated rings. The maximum absolute atomic E-state index is 11.3. The molecule has 0 saturated carbocycles.